The van der Waals surface area contributed by atoms with Crippen LogP contribution >= 0.6 is 0 Å². The van der Waals surface area contributed by atoms with E-state index in [2.05, 4.69) is 9.97 Å². The highest BCUT2D eigenvalue weighted by atomic mass is 19.1. The Morgan fingerprint density at radius 3 is 2.26 bits per heavy atom. The maximum atomic E-state index is 14.9. The first-order valence-corrected chi connectivity index (χ1v) is 12.3. The van der Waals surface area contributed by atoms with Gasteiger partial charge in [-0.2, -0.15) is 0 Å². The number of ether oxygens (including phenoxy) is 1. The summed E-state index contributed by atoms with van der Waals surface area (Å²) >= 11 is 0. The lowest BCUT2D eigenvalue weighted by Crippen LogP contribution is -2.06. The van der Waals surface area contributed by atoms with Crippen LogP contribution in [0.1, 0.15) is 32.0 Å². The molecule has 0 aliphatic rings. The second kappa shape index (κ2) is 9.79. The Morgan fingerprint density at radius 2 is 1.49 bits per heavy atom. The van der Waals surface area contributed by atoms with Crippen molar-refractivity contribution < 1.29 is 18.7 Å². The normalized spacial score (nSPS) is 11.0. The number of nitrogen functional groups attached to an aromatic ring is 1. The summed E-state index contributed by atoms with van der Waals surface area (Å²) in [5.41, 5.74) is 8.92. The number of H-pyrrole nitrogens is 2. The lowest BCUT2D eigenvalue weighted by Gasteiger charge is -2.11. The van der Waals surface area contributed by atoms with Gasteiger partial charge in [0.15, 0.2) is 17.3 Å². The van der Waals surface area contributed by atoms with Gasteiger partial charge in [-0.25, -0.2) is 4.39 Å². The molecular weight excluding hydrogens is 493 g/mol. The molecule has 0 unspecified atom stereocenters. The molecule has 6 rings (SSSR count). The zero-order valence-electron chi connectivity index (χ0n) is 20.6. The van der Waals surface area contributed by atoms with Crippen molar-refractivity contribution in [1.82, 2.24) is 9.97 Å². The Bertz CT molecular complexity index is 1840. The maximum absolute atomic E-state index is 14.9. The molecule has 0 amide bonds. The molecule has 2 heterocycles. The Balaban J connectivity index is 1.55. The summed E-state index contributed by atoms with van der Waals surface area (Å²) in [5, 5.41) is 0.720. The maximum Gasteiger partial charge on any atom is 0.209 e. The summed E-state index contributed by atoms with van der Waals surface area (Å²) in [6.07, 6.45) is 1.62. The summed E-state index contributed by atoms with van der Waals surface area (Å²) in [7, 11) is 0. The van der Waals surface area contributed by atoms with Crippen molar-refractivity contribution in [3.05, 3.63) is 138 Å². The average molecular weight is 516 g/mol. The van der Waals surface area contributed by atoms with Gasteiger partial charge in [-0.1, -0.05) is 72.8 Å². The van der Waals surface area contributed by atoms with Crippen molar-refractivity contribution in [1.29, 1.82) is 0 Å². The van der Waals surface area contributed by atoms with Gasteiger partial charge in [0.05, 0.1) is 11.3 Å². The fraction of sp³-hybridized carbons (Fsp3) is 0. The number of hydrogen-bond acceptors (Lipinski definition) is 4. The van der Waals surface area contributed by atoms with Crippen molar-refractivity contribution in [2.75, 3.05) is 5.73 Å². The molecule has 0 saturated carbocycles. The van der Waals surface area contributed by atoms with Crippen molar-refractivity contribution in [3.8, 4) is 22.6 Å². The Hall–Kier alpha value is -5.43. The van der Waals surface area contributed by atoms with Gasteiger partial charge < -0.3 is 20.4 Å². The van der Waals surface area contributed by atoms with Crippen LogP contribution in [0.5, 0.6) is 11.5 Å². The summed E-state index contributed by atoms with van der Waals surface area (Å²) in [6, 6.07) is 29.1. The van der Waals surface area contributed by atoms with Gasteiger partial charge in [0.25, 0.3) is 0 Å². The Kier molecular flexibility index (Phi) is 6.01. The molecule has 2 aromatic heterocycles. The smallest absolute Gasteiger partial charge is 0.209 e. The summed E-state index contributed by atoms with van der Waals surface area (Å²) in [4.78, 5) is 33.7. The summed E-state index contributed by atoms with van der Waals surface area (Å²) in [6.45, 7) is 0. The lowest BCUT2D eigenvalue weighted by atomic mass is 9.92. The molecule has 0 saturated heterocycles. The monoisotopic (exact) mass is 515 g/mol. The summed E-state index contributed by atoms with van der Waals surface area (Å²) < 4.78 is 20.7. The topological polar surface area (TPSA) is 101 Å². The van der Waals surface area contributed by atoms with Crippen molar-refractivity contribution in [2.45, 2.75) is 0 Å². The first-order valence-electron chi connectivity index (χ1n) is 12.3. The van der Waals surface area contributed by atoms with Gasteiger partial charge in [-0.05, 0) is 35.9 Å². The number of nitrogens with one attached hydrogen (secondary N) is 2. The van der Waals surface area contributed by atoms with E-state index in [-0.39, 0.29) is 40.0 Å². The van der Waals surface area contributed by atoms with Crippen LogP contribution in [0.3, 0.4) is 0 Å². The number of carbonyl (C=O) groups is 2. The molecule has 0 aliphatic heterocycles. The van der Waals surface area contributed by atoms with E-state index in [1.54, 1.807) is 60.8 Å². The highest BCUT2D eigenvalue weighted by Crippen LogP contribution is 2.38. The molecule has 4 aromatic carbocycles. The number of nitrogens with two attached hydrogens (primary N) is 1. The molecule has 39 heavy (non-hydrogen) atoms. The highest BCUT2D eigenvalue weighted by Gasteiger charge is 2.29. The highest BCUT2D eigenvalue weighted by molar-refractivity contribution is 6.24. The van der Waals surface area contributed by atoms with Crippen molar-refractivity contribution in [3.63, 3.8) is 0 Å². The summed E-state index contributed by atoms with van der Waals surface area (Å²) in [5.74, 6) is -0.899. The van der Waals surface area contributed by atoms with Gasteiger partial charge in [-0.3, -0.25) is 9.59 Å². The second-order valence-electron chi connectivity index (χ2n) is 9.00. The molecule has 0 bridgehead atoms. The van der Waals surface area contributed by atoms with Gasteiger partial charge in [0.2, 0.25) is 5.78 Å². The van der Waals surface area contributed by atoms with E-state index in [4.69, 9.17) is 10.5 Å². The zero-order chi connectivity index (χ0) is 26.9. The first kappa shape index (κ1) is 23.9. The van der Waals surface area contributed by atoms with Crippen LogP contribution in [0.2, 0.25) is 0 Å². The van der Waals surface area contributed by atoms with Gasteiger partial charge in [0.1, 0.15) is 11.6 Å². The number of ketones is 2. The van der Waals surface area contributed by atoms with Crippen LogP contribution < -0.4 is 10.5 Å². The first-order chi connectivity index (χ1) is 19.0. The van der Waals surface area contributed by atoms with Gasteiger partial charge >= 0.3 is 0 Å². The number of benzene rings is 4. The number of fused-ring (bicyclic) bond motifs is 1. The number of aromatic amines is 2. The molecule has 6 aromatic rings. The number of carbonyl (C=O) groups excluding carboxylic acids is 2. The Labute approximate surface area is 222 Å². The molecule has 0 spiro atoms. The number of halogens is 1. The third kappa shape index (κ3) is 4.36. The van der Waals surface area contributed by atoms with Gasteiger partial charge in [0, 0.05) is 33.8 Å². The molecule has 0 radical (unpaired) electrons. The molecule has 0 atom stereocenters. The largest absolute Gasteiger partial charge is 0.454 e. The van der Waals surface area contributed by atoms with E-state index in [9.17, 15) is 14.0 Å². The SMILES string of the molecule is Nc1[nH]c(C(=O)c2ccccc2)c(-c2ccc(F)c(Oc3ccccc3)c2)c1C(=O)c1c[nH]c2ccccc12. The van der Waals surface area contributed by atoms with Crippen LogP contribution in [0, 0.1) is 5.82 Å². The lowest BCUT2D eigenvalue weighted by molar-refractivity contribution is 0.103. The van der Waals surface area contributed by atoms with Crippen LogP contribution in [0.4, 0.5) is 10.2 Å². The van der Waals surface area contributed by atoms with Crippen LogP contribution in [0.15, 0.2) is 109 Å². The second-order valence-corrected chi connectivity index (χ2v) is 9.00. The minimum absolute atomic E-state index is 0.0365. The fourth-order valence-electron chi connectivity index (χ4n) is 4.69. The molecule has 7 heteroatoms. The van der Waals surface area contributed by atoms with Crippen LogP contribution in [-0.2, 0) is 0 Å². The number of anilines is 1. The van der Waals surface area contributed by atoms with E-state index < -0.39 is 5.82 Å². The average Bonchev–Trinajstić information content (AvgIpc) is 3.56. The van der Waals surface area contributed by atoms with Crippen LogP contribution in [-0.4, -0.2) is 21.5 Å². The van der Waals surface area contributed by atoms with Crippen LogP contribution in [0.25, 0.3) is 22.0 Å². The predicted molar refractivity (Wildman–Crippen MR) is 149 cm³/mol. The molecule has 0 fully saturated rings. The Morgan fingerprint density at radius 1 is 0.795 bits per heavy atom. The van der Waals surface area contributed by atoms with Gasteiger partial charge in [-0.15, -0.1) is 0 Å². The third-order valence-electron chi connectivity index (χ3n) is 6.54. The van der Waals surface area contributed by atoms with E-state index >= 15 is 0 Å². The third-order valence-corrected chi connectivity index (χ3v) is 6.54. The molecule has 6 nitrogen and oxygen atoms in total. The van der Waals surface area contributed by atoms with E-state index in [1.165, 1.54) is 18.2 Å². The van der Waals surface area contributed by atoms with Crippen molar-refractivity contribution >= 4 is 28.3 Å². The number of hydrogen-bond donors (Lipinski definition) is 3. The fourth-order valence-corrected chi connectivity index (χ4v) is 4.69. The standard InChI is InChI=1S/C32H22FN3O3/c33-24-16-15-20(17-26(24)39-21-11-5-2-6-12-21)27-28(31(38)23-18-35-25-14-8-7-13-22(23)25)32(34)36-29(27)30(37)19-9-3-1-4-10-19/h1-18,35-36H,34H2. The van der Waals surface area contributed by atoms with E-state index in [0.29, 0.717) is 22.4 Å². The minimum Gasteiger partial charge on any atom is -0.454 e. The molecule has 0 aliphatic carbocycles. The quantitative estimate of drug-likeness (QED) is 0.197. The molecule has 190 valence electrons. The molecular formula is C32H22FN3O3. The number of aromatic nitrogens is 2. The predicted octanol–water partition coefficient (Wildman–Crippen LogP) is 7.14. The van der Waals surface area contributed by atoms with E-state index in [1.807, 2.05) is 30.3 Å². The van der Waals surface area contributed by atoms with E-state index in [0.717, 1.165) is 10.9 Å². The van der Waals surface area contributed by atoms with Crippen molar-refractivity contribution in [2.24, 2.45) is 0 Å². The number of rotatable bonds is 7. The molecule has 4 N–H and O–H groups in total. The number of para-hydroxylation sites is 2. The zero-order valence-corrected chi connectivity index (χ0v) is 20.6. The minimum atomic E-state index is -0.591.